The Morgan fingerprint density at radius 3 is 2.74 bits per heavy atom. The van der Waals surface area contributed by atoms with Gasteiger partial charge in [-0.2, -0.15) is 0 Å². The molecule has 0 saturated heterocycles. The molecule has 1 aromatic carbocycles. The van der Waals surface area contributed by atoms with Gasteiger partial charge in [0.05, 0.1) is 7.11 Å². The summed E-state index contributed by atoms with van der Waals surface area (Å²) in [6, 6.07) is 7.45. The third kappa shape index (κ3) is 3.96. The minimum absolute atomic E-state index is 0.0261. The van der Waals surface area contributed by atoms with Gasteiger partial charge in [0, 0.05) is 18.2 Å². The number of ether oxygens (including phenoxy) is 1. The van der Waals surface area contributed by atoms with Crippen LogP contribution in [0.1, 0.15) is 36.0 Å². The summed E-state index contributed by atoms with van der Waals surface area (Å²) < 4.78 is 5.07. The largest absolute Gasteiger partial charge is 0.497 e. The van der Waals surface area contributed by atoms with E-state index in [4.69, 9.17) is 10.5 Å². The first-order valence-electron chi connectivity index (χ1n) is 6.87. The Morgan fingerprint density at radius 1 is 1.37 bits per heavy atom. The van der Waals surface area contributed by atoms with Crippen LogP contribution < -0.4 is 15.8 Å². The van der Waals surface area contributed by atoms with E-state index in [0.29, 0.717) is 17.5 Å². The highest BCUT2D eigenvalue weighted by molar-refractivity contribution is 5.94. The fourth-order valence-corrected chi connectivity index (χ4v) is 2.60. The molecule has 0 radical (unpaired) electrons. The summed E-state index contributed by atoms with van der Waals surface area (Å²) in [6.07, 6.45) is 4.46. The monoisotopic (exact) mass is 262 g/mol. The van der Waals surface area contributed by atoms with Crippen molar-refractivity contribution in [3.05, 3.63) is 29.8 Å². The van der Waals surface area contributed by atoms with Crippen molar-refractivity contribution >= 4 is 5.91 Å². The second-order valence-corrected chi connectivity index (χ2v) is 5.23. The Hall–Kier alpha value is -1.55. The normalized spacial score (nSPS) is 22.8. The molecule has 4 heteroatoms. The SMILES string of the molecule is COc1ccc(C(=O)NCC2CCCC(N)C2)cc1. The van der Waals surface area contributed by atoms with Crippen molar-refractivity contribution in [1.82, 2.24) is 5.32 Å². The molecular weight excluding hydrogens is 240 g/mol. The van der Waals surface area contributed by atoms with E-state index in [1.54, 1.807) is 31.4 Å². The van der Waals surface area contributed by atoms with Crippen molar-refractivity contribution in [2.75, 3.05) is 13.7 Å². The molecule has 2 rings (SSSR count). The van der Waals surface area contributed by atoms with E-state index < -0.39 is 0 Å². The number of methoxy groups -OCH3 is 1. The lowest BCUT2D eigenvalue weighted by Crippen LogP contribution is -2.35. The van der Waals surface area contributed by atoms with Crippen molar-refractivity contribution in [2.24, 2.45) is 11.7 Å². The molecule has 0 aliphatic heterocycles. The average molecular weight is 262 g/mol. The summed E-state index contributed by atoms with van der Waals surface area (Å²) >= 11 is 0. The highest BCUT2D eigenvalue weighted by Crippen LogP contribution is 2.22. The Labute approximate surface area is 114 Å². The van der Waals surface area contributed by atoms with Crippen molar-refractivity contribution < 1.29 is 9.53 Å². The number of hydrogen-bond acceptors (Lipinski definition) is 3. The summed E-state index contributed by atoms with van der Waals surface area (Å²) in [6.45, 7) is 0.721. The van der Waals surface area contributed by atoms with Crippen molar-refractivity contribution in [1.29, 1.82) is 0 Å². The number of nitrogens with two attached hydrogens (primary N) is 1. The number of nitrogens with one attached hydrogen (secondary N) is 1. The smallest absolute Gasteiger partial charge is 0.251 e. The number of carbonyl (C=O) groups is 1. The molecule has 1 amide bonds. The third-order valence-electron chi connectivity index (χ3n) is 3.73. The van der Waals surface area contributed by atoms with Crippen LogP contribution in [-0.4, -0.2) is 25.6 Å². The van der Waals surface area contributed by atoms with Gasteiger partial charge >= 0.3 is 0 Å². The number of benzene rings is 1. The Kier molecular flexibility index (Phi) is 4.80. The van der Waals surface area contributed by atoms with Gasteiger partial charge in [-0.3, -0.25) is 4.79 Å². The Morgan fingerprint density at radius 2 is 2.11 bits per heavy atom. The van der Waals surface area contributed by atoms with Gasteiger partial charge in [-0.15, -0.1) is 0 Å². The van der Waals surface area contributed by atoms with E-state index in [0.717, 1.165) is 31.6 Å². The number of hydrogen-bond donors (Lipinski definition) is 2. The molecule has 1 saturated carbocycles. The zero-order valence-corrected chi connectivity index (χ0v) is 11.4. The number of amides is 1. The van der Waals surface area contributed by atoms with Crippen LogP contribution in [0.4, 0.5) is 0 Å². The van der Waals surface area contributed by atoms with E-state index in [9.17, 15) is 4.79 Å². The lowest BCUT2D eigenvalue weighted by molar-refractivity contribution is 0.0942. The van der Waals surface area contributed by atoms with Gasteiger partial charge in [-0.25, -0.2) is 0 Å². The second kappa shape index (κ2) is 6.57. The number of rotatable bonds is 4. The lowest BCUT2D eigenvalue weighted by atomic mass is 9.86. The minimum Gasteiger partial charge on any atom is -0.497 e. The van der Waals surface area contributed by atoms with Crippen LogP contribution >= 0.6 is 0 Å². The molecule has 0 bridgehead atoms. The van der Waals surface area contributed by atoms with Crippen LogP contribution in [0.2, 0.25) is 0 Å². The molecule has 0 spiro atoms. The maximum atomic E-state index is 12.0. The molecule has 1 fully saturated rings. The summed E-state index contributed by atoms with van der Waals surface area (Å²) in [5, 5.41) is 2.99. The molecule has 1 aliphatic rings. The molecule has 19 heavy (non-hydrogen) atoms. The van der Waals surface area contributed by atoms with Gasteiger partial charge in [0.15, 0.2) is 0 Å². The van der Waals surface area contributed by atoms with Gasteiger partial charge in [0.25, 0.3) is 5.91 Å². The van der Waals surface area contributed by atoms with Crippen LogP contribution in [0.5, 0.6) is 5.75 Å². The topological polar surface area (TPSA) is 64.3 Å². The molecule has 0 heterocycles. The highest BCUT2D eigenvalue weighted by atomic mass is 16.5. The van der Waals surface area contributed by atoms with Gasteiger partial charge in [-0.1, -0.05) is 6.42 Å². The Balaban J connectivity index is 1.83. The van der Waals surface area contributed by atoms with Crippen LogP contribution in [-0.2, 0) is 0 Å². The molecule has 0 aromatic heterocycles. The molecule has 4 nitrogen and oxygen atoms in total. The predicted molar refractivity (Wildman–Crippen MR) is 75.3 cm³/mol. The first kappa shape index (κ1) is 13.9. The quantitative estimate of drug-likeness (QED) is 0.871. The van der Waals surface area contributed by atoms with Crippen molar-refractivity contribution in [3.63, 3.8) is 0 Å². The first-order chi connectivity index (χ1) is 9.19. The van der Waals surface area contributed by atoms with Gasteiger partial charge in [0.1, 0.15) is 5.75 Å². The summed E-state index contributed by atoms with van der Waals surface area (Å²) in [7, 11) is 1.61. The van der Waals surface area contributed by atoms with Crippen LogP contribution in [0.3, 0.4) is 0 Å². The highest BCUT2D eigenvalue weighted by Gasteiger charge is 2.19. The molecule has 2 atom stereocenters. The molecule has 104 valence electrons. The van der Waals surface area contributed by atoms with Gasteiger partial charge in [0.2, 0.25) is 0 Å². The lowest BCUT2D eigenvalue weighted by Gasteiger charge is -2.26. The molecule has 3 N–H and O–H groups in total. The van der Waals surface area contributed by atoms with Crippen LogP contribution in [0, 0.1) is 5.92 Å². The molecule has 1 aromatic rings. The fourth-order valence-electron chi connectivity index (χ4n) is 2.60. The van der Waals surface area contributed by atoms with Gasteiger partial charge in [-0.05, 0) is 49.4 Å². The van der Waals surface area contributed by atoms with E-state index >= 15 is 0 Å². The second-order valence-electron chi connectivity index (χ2n) is 5.23. The first-order valence-corrected chi connectivity index (χ1v) is 6.87. The minimum atomic E-state index is -0.0261. The summed E-state index contributed by atoms with van der Waals surface area (Å²) in [4.78, 5) is 12.0. The standard InChI is InChI=1S/C15H22N2O2/c1-19-14-7-5-12(6-8-14)15(18)17-10-11-3-2-4-13(16)9-11/h5-8,11,13H,2-4,9-10,16H2,1H3,(H,17,18). The molecule has 2 unspecified atom stereocenters. The maximum absolute atomic E-state index is 12.0. The van der Waals surface area contributed by atoms with E-state index in [1.165, 1.54) is 6.42 Å². The summed E-state index contributed by atoms with van der Waals surface area (Å²) in [5.41, 5.74) is 6.62. The third-order valence-corrected chi connectivity index (χ3v) is 3.73. The number of carbonyl (C=O) groups excluding carboxylic acids is 1. The summed E-state index contributed by atoms with van der Waals surface area (Å²) in [5.74, 6) is 1.25. The Bertz CT molecular complexity index is 417. The zero-order chi connectivity index (χ0) is 13.7. The average Bonchev–Trinajstić information content (AvgIpc) is 2.45. The zero-order valence-electron chi connectivity index (χ0n) is 11.4. The molecule has 1 aliphatic carbocycles. The fraction of sp³-hybridized carbons (Fsp3) is 0.533. The van der Waals surface area contributed by atoms with Gasteiger partial charge < -0.3 is 15.8 Å². The maximum Gasteiger partial charge on any atom is 0.251 e. The van der Waals surface area contributed by atoms with Crippen LogP contribution in [0.25, 0.3) is 0 Å². The van der Waals surface area contributed by atoms with Crippen LogP contribution in [0.15, 0.2) is 24.3 Å². The molecular formula is C15H22N2O2. The predicted octanol–water partition coefficient (Wildman–Crippen LogP) is 1.94. The van der Waals surface area contributed by atoms with E-state index in [2.05, 4.69) is 5.32 Å². The van der Waals surface area contributed by atoms with E-state index in [1.807, 2.05) is 0 Å². The van der Waals surface area contributed by atoms with Crippen molar-refractivity contribution in [2.45, 2.75) is 31.7 Å². The van der Waals surface area contributed by atoms with Crippen molar-refractivity contribution in [3.8, 4) is 5.75 Å². The van der Waals surface area contributed by atoms with E-state index in [-0.39, 0.29) is 5.91 Å².